The van der Waals surface area contributed by atoms with Crippen LogP contribution in [-0.4, -0.2) is 16.5 Å². The van der Waals surface area contributed by atoms with E-state index in [2.05, 4.69) is 30.2 Å². The molecule has 1 aliphatic heterocycles. The van der Waals surface area contributed by atoms with Crippen molar-refractivity contribution in [3.63, 3.8) is 0 Å². The normalized spacial score (nSPS) is 13.0. The lowest BCUT2D eigenvalue weighted by Gasteiger charge is -2.15. The molecule has 4 nitrogen and oxygen atoms in total. The molecule has 1 aliphatic rings. The first-order valence-corrected chi connectivity index (χ1v) is 6.74. The molecule has 0 unspecified atom stereocenters. The van der Waals surface area contributed by atoms with Crippen LogP contribution in [-0.2, 0) is 13.2 Å². The van der Waals surface area contributed by atoms with E-state index in [1.807, 2.05) is 18.2 Å². The average molecular weight is 257 g/mol. The third-order valence-electron chi connectivity index (χ3n) is 3.19. The van der Waals surface area contributed by atoms with Crippen molar-refractivity contribution >= 4 is 0 Å². The molecule has 0 atom stereocenters. The van der Waals surface area contributed by atoms with Crippen LogP contribution < -0.4 is 10.1 Å². The molecular weight excluding hydrogens is 238 g/mol. The van der Waals surface area contributed by atoms with Gasteiger partial charge < -0.3 is 15.0 Å². The van der Waals surface area contributed by atoms with Gasteiger partial charge in [-0.05, 0) is 24.6 Å². The molecule has 1 aromatic carbocycles. The van der Waals surface area contributed by atoms with Crippen LogP contribution in [0, 0.1) is 5.92 Å². The quantitative estimate of drug-likeness (QED) is 0.885. The standard InChI is InChI=1S/C15H19N3O/c1-10(2)7-16-8-14-17-12-9-19-13-6-4-3-5-11(13)15(12)18-14/h3-6,10,16H,7-9H2,1-2H3,(H,17,18). The lowest BCUT2D eigenvalue weighted by molar-refractivity contribution is 0.297. The summed E-state index contributed by atoms with van der Waals surface area (Å²) in [6.07, 6.45) is 0. The Hall–Kier alpha value is -1.81. The Balaban J connectivity index is 1.81. The van der Waals surface area contributed by atoms with Gasteiger partial charge in [-0.25, -0.2) is 4.98 Å². The third-order valence-corrected chi connectivity index (χ3v) is 3.19. The zero-order valence-corrected chi connectivity index (χ0v) is 11.4. The second-order valence-corrected chi connectivity index (χ2v) is 5.32. The van der Waals surface area contributed by atoms with E-state index < -0.39 is 0 Å². The van der Waals surface area contributed by atoms with Gasteiger partial charge in [0.25, 0.3) is 0 Å². The van der Waals surface area contributed by atoms with E-state index in [1.165, 1.54) is 0 Å². The van der Waals surface area contributed by atoms with Gasteiger partial charge in [-0.3, -0.25) is 0 Å². The number of nitrogens with one attached hydrogen (secondary N) is 2. The van der Waals surface area contributed by atoms with Crippen LogP contribution in [0.15, 0.2) is 24.3 Å². The molecule has 0 bridgehead atoms. The SMILES string of the molecule is CC(C)CNCc1nc2c([nH]1)COc1ccccc1-2. The number of imidazole rings is 1. The summed E-state index contributed by atoms with van der Waals surface area (Å²) in [7, 11) is 0. The summed E-state index contributed by atoms with van der Waals surface area (Å²) in [6, 6.07) is 8.05. The minimum absolute atomic E-state index is 0.573. The fourth-order valence-electron chi connectivity index (χ4n) is 2.29. The second kappa shape index (κ2) is 5.05. The lowest BCUT2D eigenvalue weighted by atomic mass is 10.1. The molecule has 2 aromatic rings. The molecule has 0 amide bonds. The molecule has 4 heteroatoms. The summed E-state index contributed by atoms with van der Waals surface area (Å²) in [5.41, 5.74) is 3.18. The van der Waals surface area contributed by atoms with Crippen LogP contribution in [0.5, 0.6) is 5.75 Å². The Morgan fingerprint density at radius 1 is 1.37 bits per heavy atom. The Labute approximate surface area is 113 Å². The Morgan fingerprint density at radius 3 is 3.05 bits per heavy atom. The number of fused-ring (bicyclic) bond motifs is 3. The maximum Gasteiger partial charge on any atom is 0.130 e. The molecule has 100 valence electrons. The van der Waals surface area contributed by atoms with Crippen molar-refractivity contribution in [2.24, 2.45) is 5.92 Å². The van der Waals surface area contributed by atoms with Gasteiger partial charge in [0.15, 0.2) is 0 Å². The molecule has 19 heavy (non-hydrogen) atoms. The molecule has 0 spiro atoms. The number of hydrogen-bond donors (Lipinski definition) is 2. The molecule has 0 fully saturated rings. The minimum atomic E-state index is 0.573. The number of nitrogens with zero attached hydrogens (tertiary/aromatic N) is 1. The maximum absolute atomic E-state index is 5.71. The predicted octanol–water partition coefficient (Wildman–Crippen LogP) is 2.71. The zero-order chi connectivity index (χ0) is 13.2. The highest BCUT2D eigenvalue weighted by Gasteiger charge is 2.20. The summed E-state index contributed by atoms with van der Waals surface area (Å²) in [5, 5.41) is 3.40. The van der Waals surface area contributed by atoms with Crippen molar-refractivity contribution < 1.29 is 4.74 Å². The van der Waals surface area contributed by atoms with Gasteiger partial charge in [0, 0.05) is 5.56 Å². The number of hydrogen-bond acceptors (Lipinski definition) is 3. The first-order valence-electron chi connectivity index (χ1n) is 6.74. The highest BCUT2D eigenvalue weighted by atomic mass is 16.5. The Bertz CT molecular complexity index is 575. The van der Waals surface area contributed by atoms with E-state index >= 15 is 0 Å². The molecule has 1 aromatic heterocycles. The smallest absolute Gasteiger partial charge is 0.130 e. The van der Waals surface area contributed by atoms with Crippen LogP contribution >= 0.6 is 0 Å². The summed E-state index contributed by atoms with van der Waals surface area (Å²) in [5.74, 6) is 2.54. The molecule has 0 aliphatic carbocycles. The Kier molecular flexibility index (Phi) is 3.25. The summed E-state index contributed by atoms with van der Waals surface area (Å²) < 4.78 is 5.71. The van der Waals surface area contributed by atoms with Crippen LogP contribution in [0.2, 0.25) is 0 Å². The molecular formula is C15H19N3O. The van der Waals surface area contributed by atoms with Crippen molar-refractivity contribution in [3.8, 4) is 17.0 Å². The number of H-pyrrole nitrogens is 1. The minimum Gasteiger partial charge on any atom is -0.487 e. The van der Waals surface area contributed by atoms with Gasteiger partial charge in [0.05, 0.1) is 17.9 Å². The highest BCUT2D eigenvalue weighted by Crippen LogP contribution is 2.35. The number of aromatic amines is 1. The summed E-state index contributed by atoms with van der Waals surface area (Å²) in [6.45, 7) is 6.74. The number of rotatable bonds is 4. The molecule has 0 radical (unpaired) electrons. The molecule has 2 heterocycles. The lowest BCUT2D eigenvalue weighted by Crippen LogP contribution is -2.19. The van der Waals surface area contributed by atoms with E-state index in [4.69, 9.17) is 9.72 Å². The molecule has 3 rings (SSSR count). The Morgan fingerprint density at radius 2 is 2.21 bits per heavy atom. The second-order valence-electron chi connectivity index (χ2n) is 5.32. The largest absolute Gasteiger partial charge is 0.487 e. The van der Waals surface area contributed by atoms with Crippen LogP contribution in [0.3, 0.4) is 0 Å². The first kappa shape index (κ1) is 12.2. The number of para-hydroxylation sites is 1. The van der Waals surface area contributed by atoms with E-state index in [0.29, 0.717) is 12.5 Å². The average Bonchev–Trinajstić information content (AvgIpc) is 2.81. The van der Waals surface area contributed by atoms with E-state index in [0.717, 1.165) is 41.6 Å². The van der Waals surface area contributed by atoms with Crippen molar-refractivity contribution in [1.82, 2.24) is 15.3 Å². The highest BCUT2D eigenvalue weighted by molar-refractivity contribution is 5.70. The van der Waals surface area contributed by atoms with Gasteiger partial charge >= 0.3 is 0 Å². The fraction of sp³-hybridized carbons (Fsp3) is 0.400. The van der Waals surface area contributed by atoms with Crippen molar-refractivity contribution in [1.29, 1.82) is 0 Å². The zero-order valence-electron chi connectivity index (χ0n) is 11.4. The van der Waals surface area contributed by atoms with Crippen LogP contribution in [0.25, 0.3) is 11.3 Å². The number of ether oxygens (including phenoxy) is 1. The van der Waals surface area contributed by atoms with Gasteiger partial charge in [0.1, 0.15) is 18.2 Å². The van der Waals surface area contributed by atoms with Crippen molar-refractivity contribution in [2.75, 3.05) is 6.54 Å². The van der Waals surface area contributed by atoms with Gasteiger partial charge in [-0.2, -0.15) is 0 Å². The molecule has 0 saturated heterocycles. The van der Waals surface area contributed by atoms with Crippen LogP contribution in [0.1, 0.15) is 25.4 Å². The van der Waals surface area contributed by atoms with Crippen LogP contribution in [0.4, 0.5) is 0 Å². The predicted molar refractivity (Wildman–Crippen MR) is 74.9 cm³/mol. The summed E-state index contributed by atoms with van der Waals surface area (Å²) in [4.78, 5) is 8.04. The van der Waals surface area contributed by atoms with Gasteiger partial charge in [-0.15, -0.1) is 0 Å². The number of aromatic nitrogens is 2. The third kappa shape index (κ3) is 2.49. The van der Waals surface area contributed by atoms with Gasteiger partial charge in [-0.1, -0.05) is 26.0 Å². The fourth-order valence-corrected chi connectivity index (χ4v) is 2.29. The number of benzene rings is 1. The van der Waals surface area contributed by atoms with E-state index in [-0.39, 0.29) is 0 Å². The van der Waals surface area contributed by atoms with Gasteiger partial charge in [0.2, 0.25) is 0 Å². The van der Waals surface area contributed by atoms with E-state index in [9.17, 15) is 0 Å². The molecule has 0 saturated carbocycles. The monoisotopic (exact) mass is 257 g/mol. The summed E-state index contributed by atoms with van der Waals surface area (Å²) >= 11 is 0. The maximum atomic E-state index is 5.71. The first-order chi connectivity index (χ1) is 9.24. The van der Waals surface area contributed by atoms with E-state index in [1.54, 1.807) is 0 Å². The molecule has 2 N–H and O–H groups in total. The van der Waals surface area contributed by atoms with Crippen molar-refractivity contribution in [2.45, 2.75) is 27.0 Å². The van der Waals surface area contributed by atoms with Crippen molar-refractivity contribution in [3.05, 3.63) is 35.8 Å². The topological polar surface area (TPSA) is 49.9 Å².